The van der Waals surface area contributed by atoms with Crippen molar-refractivity contribution in [2.75, 3.05) is 18.4 Å². The molecule has 1 aromatic heterocycles. The first-order chi connectivity index (χ1) is 16.3. The first-order valence-electron chi connectivity index (χ1n) is 11.5. The number of rotatable bonds is 4. The zero-order valence-corrected chi connectivity index (χ0v) is 20.1. The van der Waals surface area contributed by atoms with Crippen LogP contribution in [0.2, 0.25) is 5.02 Å². The first-order valence-corrected chi connectivity index (χ1v) is 11.9. The van der Waals surface area contributed by atoms with Gasteiger partial charge >= 0.3 is 0 Å². The number of benzene rings is 1. The normalized spacial score (nSPS) is 15.9. The van der Waals surface area contributed by atoms with E-state index in [4.69, 9.17) is 11.6 Å². The Morgan fingerprint density at radius 3 is 2.50 bits per heavy atom. The number of hydrogen-bond donors (Lipinski definition) is 1. The van der Waals surface area contributed by atoms with Crippen molar-refractivity contribution in [3.63, 3.8) is 0 Å². The fourth-order valence-electron chi connectivity index (χ4n) is 4.40. The summed E-state index contributed by atoms with van der Waals surface area (Å²) >= 11 is 6.32. The number of amides is 2. The monoisotopic (exact) mass is 478 g/mol. The minimum absolute atomic E-state index is 0.107. The molecule has 0 unspecified atom stereocenters. The van der Waals surface area contributed by atoms with Gasteiger partial charge in [0.15, 0.2) is 0 Å². The molecule has 1 aromatic carbocycles. The summed E-state index contributed by atoms with van der Waals surface area (Å²) < 4.78 is 1.20. The lowest BCUT2D eigenvalue weighted by atomic mass is 9.84. The zero-order valence-electron chi connectivity index (χ0n) is 19.4. The van der Waals surface area contributed by atoms with Crippen LogP contribution in [0.25, 0.3) is 6.08 Å². The van der Waals surface area contributed by atoms with Crippen molar-refractivity contribution in [1.29, 1.82) is 5.26 Å². The van der Waals surface area contributed by atoms with Crippen LogP contribution < -0.4 is 10.9 Å². The average Bonchev–Trinajstić information content (AvgIpc) is 2.77. The molecule has 1 N–H and O–H groups in total. The van der Waals surface area contributed by atoms with Crippen LogP contribution in [0.3, 0.4) is 0 Å². The molecule has 1 aliphatic carbocycles. The van der Waals surface area contributed by atoms with E-state index in [9.17, 15) is 19.6 Å². The molecular weight excluding hydrogens is 452 g/mol. The summed E-state index contributed by atoms with van der Waals surface area (Å²) in [5, 5.41) is 12.7. The Kier molecular flexibility index (Phi) is 6.90. The molecule has 2 heterocycles. The molecular formula is C26H27ClN4O3. The van der Waals surface area contributed by atoms with Crippen LogP contribution in [0.4, 0.5) is 5.69 Å². The lowest BCUT2D eigenvalue weighted by molar-refractivity contribution is -0.138. The second kappa shape index (κ2) is 9.86. The van der Waals surface area contributed by atoms with Gasteiger partial charge in [-0.05, 0) is 61.9 Å². The molecule has 1 aliphatic heterocycles. The van der Waals surface area contributed by atoms with Gasteiger partial charge in [0.05, 0.1) is 5.69 Å². The van der Waals surface area contributed by atoms with E-state index in [1.54, 1.807) is 12.1 Å². The second-order valence-electron chi connectivity index (χ2n) is 9.04. The molecule has 0 atom stereocenters. The molecule has 176 valence electrons. The van der Waals surface area contributed by atoms with Gasteiger partial charge in [-0.1, -0.05) is 29.7 Å². The molecule has 2 amide bonds. The summed E-state index contributed by atoms with van der Waals surface area (Å²) in [6.07, 6.45) is 6.74. The number of hydrogen-bond acceptors (Lipinski definition) is 4. The van der Waals surface area contributed by atoms with Crippen molar-refractivity contribution in [2.45, 2.75) is 39.0 Å². The number of nitriles is 1. The van der Waals surface area contributed by atoms with Crippen molar-refractivity contribution in [3.8, 4) is 6.07 Å². The molecule has 1 saturated carbocycles. The summed E-state index contributed by atoms with van der Waals surface area (Å²) in [7, 11) is 1.49. The third kappa shape index (κ3) is 4.92. The number of piperidine rings is 1. The highest BCUT2D eigenvalue weighted by Crippen LogP contribution is 2.32. The number of halogens is 1. The molecule has 7 nitrogen and oxygen atoms in total. The maximum absolute atomic E-state index is 13.0. The average molecular weight is 479 g/mol. The molecule has 34 heavy (non-hydrogen) atoms. The van der Waals surface area contributed by atoms with E-state index < -0.39 is 11.5 Å². The Morgan fingerprint density at radius 2 is 1.88 bits per heavy atom. The van der Waals surface area contributed by atoms with Gasteiger partial charge in [-0.25, -0.2) is 0 Å². The lowest BCUT2D eigenvalue weighted by Gasteiger charge is -2.34. The summed E-state index contributed by atoms with van der Waals surface area (Å²) in [5.41, 5.74) is 3.16. The lowest BCUT2D eigenvalue weighted by Crippen LogP contribution is -2.42. The molecule has 8 heteroatoms. The van der Waals surface area contributed by atoms with Crippen LogP contribution in [0, 0.1) is 24.2 Å². The van der Waals surface area contributed by atoms with Gasteiger partial charge in [-0.15, -0.1) is 0 Å². The predicted octanol–water partition coefficient (Wildman–Crippen LogP) is 4.28. The van der Waals surface area contributed by atoms with Crippen LogP contribution >= 0.6 is 11.6 Å². The van der Waals surface area contributed by atoms with Gasteiger partial charge in [0.2, 0.25) is 5.91 Å². The Balaban J connectivity index is 1.56. The van der Waals surface area contributed by atoms with E-state index in [2.05, 4.69) is 5.32 Å². The molecule has 2 aromatic rings. The Hall–Kier alpha value is -3.37. The topological polar surface area (TPSA) is 95.2 Å². The molecule has 4 rings (SSSR count). The Labute approximate surface area is 203 Å². The van der Waals surface area contributed by atoms with E-state index in [0.717, 1.165) is 43.2 Å². The van der Waals surface area contributed by atoms with Crippen molar-refractivity contribution in [3.05, 3.63) is 67.6 Å². The van der Waals surface area contributed by atoms with Crippen molar-refractivity contribution >= 4 is 35.2 Å². The molecule has 1 saturated heterocycles. The number of aromatic nitrogens is 1. The third-order valence-electron chi connectivity index (χ3n) is 6.74. The highest BCUT2D eigenvalue weighted by Gasteiger charge is 2.30. The molecule has 2 aliphatic rings. The van der Waals surface area contributed by atoms with Gasteiger partial charge in [-0.3, -0.25) is 14.4 Å². The molecule has 0 radical (unpaired) electrons. The quantitative estimate of drug-likeness (QED) is 0.709. The summed E-state index contributed by atoms with van der Waals surface area (Å²) in [6, 6.07) is 8.11. The van der Waals surface area contributed by atoms with Crippen LogP contribution in [-0.2, 0) is 11.8 Å². The minimum Gasteiger partial charge on any atom is -0.342 e. The second-order valence-corrected chi connectivity index (χ2v) is 9.47. The maximum atomic E-state index is 13.0. The summed E-state index contributed by atoms with van der Waals surface area (Å²) in [5.74, 6) is 0.0158. The fourth-order valence-corrected chi connectivity index (χ4v) is 4.69. The fraction of sp³-hybridized carbons (Fsp3) is 0.385. The SMILES string of the molecule is Cc1cc(Cl)cc(C=C2CCN(C(=O)C3CCC3)CC2)c1NC(=O)c1cc(C#N)n(C)c(=O)c1. The Bertz CT molecular complexity index is 1270. The van der Waals surface area contributed by atoms with E-state index in [0.29, 0.717) is 23.8 Å². The van der Waals surface area contributed by atoms with Gasteiger partial charge in [-0.2, -0.15) is 5.26 Å². The predicted molar refractivity (Wildman–Crippen MR) is 132 cm³/mol. The van der Waals surface area contributed by atoms with Crippen LogP contribution in [0.5, 0.6) is 0 Å². The number of aryl methyl sites for hydroxylation is 1. The van der Waals surface area contributed by atoms with Crippen LogP contribution in [-0.4, -0.2) is 34.4 Å². The number of anilines is 1. The van der Waals surface area contributed by atoms with Crippen molar-refractivity contribution in [2.24, 2.45) is 13.0 Å². The van der Waals surface area contributed by atoms with Gasteiger partial charge in [0.1, 0.15) is 11.8 Å². The number of nitrogens with one attached hydrogen (secondary N) is 1. The maximum Gasteiger partial charge on any atom is 0.255 e. The number of carbonyl (C=O) groups is 2. The molecule has 0 spiro atoms. The molecule has 0 bridgehead atoms. The zero-order chi connectivity index (χ0) is 24.4. The molecule has 2 fully saturated rings. The summed E-state index contributed by atoms with van der Waals surface area (Å²) in [4.78, 5) is 39.6. The van der Waals surface area contributed by atoms with Gasteiger partial charge < -0.3 is 14.8 Å². The van der Waals surface area contributed by atoms with Crippen molar-refractivity contribution < 1.29 is 9.59 Å². The number of pyridine rings is 1. The number of nitrogens with zero attached hydrogens (tertiary/aromatic N) is 3. The Morgan fingerprint density at radius 1 is 1.18 bits per heavy atom. The highest BCUT2D eigenvalue weighted by molar-refractivity contribution is 6.31. The largest absolute Gasteiger partial charge is 0.342 e. The van der Waals surface area contributed by atoms with Crippen molar-refractivity contribution in [1.82, 2.24) is 9.47 Å². The van der Waals surface area contributed by atoms with E-state index >= 15 is 0 Å². The van der Waals surface area contributed by atoms with E-state index in [1.807, 2.05) is 24.0 Å². The number of carbonyl (C=O) groups excluding carboxylic acids is 2. The first kappa shape index (κ1) is 23.8. The van der Waals surface area contributed by atoms with E-state index in [1.165, 1.54) is 29.3 Å². The summed E-state index contributed by atoms with van der Waals surface area (Å²) in [6.45, 7) is 3.26. The van der Waals surface area contributed by atoms with E-state index in [-0.39, 0.29) is 23.1 Å². The van der Waals surface area contributed by atoms with Gasteiger partial charge in [0, 0.05) is 42.7 Å². The minimum atomic E-state index is -0.472. The van der Waals surface area contributed by atoms with Crippen LogP contribution in [0.15, 0.2) is 34.6 Å². The standard InChI is InChI=1S/C26H27ClN4O3/c1-16-10-21(27)12-19(11-17-6-8-31(9-7-17)26(34)18-4-3-5-18)24(16)29-25(33)20-13-22(15-28)30(2)23(32)14-20/h10-14,18H,3-9H2,1-2H3,(H,29,33). The smallest absolute Gasteiger partial charge is 0.255 e. The van der Waals surface area contributed by atoms with Crippen LogP contribution in [0.1, 0.15) is 59.3 Å². The highest BCUT2D eigenvalue weighted by atomic mass is 35.5. The third-order valence-corrected chi connectivity index (χ3v) is 6.96. The van der Waals surface area contributed by atoms with Gasteiger partial charge in [0.25, 0.3) is 11.5 Å². The number of likely N-dealkylation sites (tertiary alicyclic amines) is 1.